The lowest BCUT2D eigenvalue weighted by Gasteiger charge is -2.24. The van der Waals surface area contributed by atoms with E-state index in [1.165, 1.54) is 19.1 Å². The van der Waals surface area contributed by atoms with Crippen molar-refractivity contribution in [1.82, 2.24) is 0 Å². The van der Waals surface area contributed by atoms with Gasteiger partial charge in [0.05, 0.1) is 5.41 Å². The Hall–Kier alpha value is -2.82. The Balaban J connectivity index is 2.18. The van der Waals surface area contributed by atoms with Gasteiger partial charge in [-0.25, -0.2) is 0 Å². The van der Waals surface area contributed by atoms with Crippen molar-refractivity contribution in [1.29, 1.82) is 0 Å². The lowest BCUT2D eigenvalue weighted by Crippen LogP contribution is -2.36. The summed E-state index contributed by atoms with van der Waals surface area (Å²) in [6.07, 6.45) is -0.206. The van der Waals surface area contributed by atoms with Crippen LogP contribution in [0.3, 0.4) is 0 Å². The Bertz CT molecular complexity index is 684. The van der Waals surface area contributed by atoms with Gasteiger partial charge in [-0.1, -0.05) is 36.4 Å². The van der Waals surface area contributed by atoms with Crippen molar-refractivity contribution in [2.24, 2.45) is 0 Å². The van der Waals surface area contributed by atoms with E-state index < -0.39 is 17.3 Å². The summed E-state index contributed by atoms with van der Waals surface area (Å²) in [6, 6.07) is 14.8. The van der Waals surface area contributed by atoms with E-state index in [4.69, 9.17) is 0 Å². The maximum absolute atomic E-state index is 12.2. The molecule has 0 saturated heterocycles. The lowest BCUT2D eigenvalue weighted by atomic mass is 9.79. The smallest absolute Gasteiger partial charge is 0.314 e. The molecule has 114 valence electrons. The zero-order chi connectivity index (χ0) is 16.2. The zero-order valence-electron chi connectivity index (χ0n) is 12.1. The number of hydrogen-bond acceptors (Lipinski definition) is 3. The fourth-order valence-corrected chi connectivity index (χ4v) is 2.22. The number of phenolic OH excluding ortho intramolecular Hbond substituents is 1. The van der Waals surface area contributed by atoms with Crippen molar-refractivity contribution >= 4 is 17.6 Å². The SMILES string of the molecule is CC(CC(=O)Nc1cccc(O)c1)(C(=O)O)c1ccccc1. The molecule has 0 heterocycles. The quantitative estimate of drug-likeness (QED) is 0.792. The molecular weight excluding hydrogens is 282 g/mol. The lowest BCUT2D eigenvalue weighted by molar-refractivity contribution is -0.145. The number of anilines is 1. The third kappa shape index (κ3) is 3.44. The number of amides is 1. The first-order valence-electron chi connectivity index (χ1n) is 6.79. The third-order valence-corrected chi connectivity index (χ3v) is 3.53. The van der Waals surface area contributed by atoms with Gasteiger partial charge in [-0.15, -0.1) is 0 Å². The Morgan fingerprint density at radius 3 is 2.36 bits per heavy atom. The molecule has 0 spiro atoms. The average molecular weight is 299 g/mol. The third-order valence-electron chi connectivity index (χ3n) is 3.53. The molecule has 0 aliphatic carbocycles. The number of carbonyl (C=O) groups is 2. The molecule has 0 radical (unpaired) electrons. The summed E-state index contributed by atoms with van der Waals surface area (Å²) in [4.78, 5) is 23.8. The van der Waals surface area contributed by atoms with E-state index in [0.717, 1.165) is 0 Å². The van der Waals surface area contributed by atoms with Gasteiger partial charge in [-0.3, -0.25) is 9.59 Å². The zero-order valence-corrected chi connectivity index (χ0v) is 12.1. The van der Waals surface area contributed by atoms with E-state index in [1.807, 2.05) is 0 Å². The van der Waals surface area contributed by atoms with E-state index >= 15 is 0 Å². The van der Waals surface area contributed by atoms with Crippen molar-refractivity contribution in [3.8, 4) is 5.75 Å². The van der Waals surface area contributed by atoms with Gasteiger partial charge in [0.2, 0.25) is 5.91 Å². The first-order chi connectivity index (χ1) is 10.4. The molecule has 5 nitrogen and oxygen atoms in total. The molecule has 1 unspecified atom stereocenters. The predicted molar refractivity (Wildman–Crippen MR) is 82.8 cm³/mol. The molecule has 3 N–H and O–H groups in total. The van der Waals surface area contributed by atoms with Gasteiger partial charge < -0.3 is 15.5 Å². The Morgan fingerprint density at radius 2 is 1.77 bits per heavy atom. The van der Waals surface area contributed by atoms with Crippen LogP contribution in [0.1, 0.15) is 18.9 Å². The first kappa shape index (κ1) is 15.6. The summed E-state index contributed by atoms with van der Waals surface area (Å²) in [5.74, 6) is -1.47. The number of carboxylic acids is 1. The molecule has 0 aromatic heterocycles. The number of hydrogen-bond donors (Lipinski definition) is 3. The van der Waals surface area contributed by atoms with E-state index in [2.05, 4.69) is 5.32 Å². The number of benzene rings is 2. The second kappa shape index (κ2) is 6.30. The molecule has 0 bridgehead atoms. The van der Waals surface area contributed by atoms with Crippen LogP contribution in [0.25, 0.3) is 0 Å². The minimum Gasteiger partial charge on any atom is -0.508 e. The van der Waals surface area contributed by atoms with Crippen LogP contribution in [0.15, 0.2) is 54.6 Å². The second-order valence-corrected chi connectivity index (χ2v) is 5.28. The van der Waals surface area contributed by atoms with Crippen molar-refractivity contribution in [3.63, 3.8) is 0 Å². The largest absolute Gasteiger partial charge is 0.508 e. The molecule has 0 saturated carbocycles. The number of carbonyl (C=O) groups excluding carboxylic acids is 1. The standard InChI is InChI=1S/C17H17NO4/c1-17(16(21)22,12-6-3-2-4-7-12)11-15(20)18-13-8-5-9-14(19)10-13/h2-10,19H,11H2,1H3,(H,18,20)(H,21,22). The minimum absolute atomic E-state index is 0.0295. The van der Waals surface area contributed by atoms with Crippen LogP contribution in [0.5, 0.6) is 5.75 Å². The summed E-state index contributed by atoms with van der Waals surface area (Å²) in [5, 5.41) is 21.5. The summed E-state index contributed by atoms with van der Waals surface area (Å²) < 4.78 is 0. The molecule has 0 aliphatic heterocycles. The van der Waals surface area contributed by atoms with E-state index in [9.17, 15) is 19.8 Å². The molecule has 2 aromatic rings. The summed E-state index contributed by atoms with van der Waals surface area (Å²) in [5.41, 5.74) is -0.332. The Morgan fingerprint density at radius 1 is 1.09 bits per heavy atom. The molecular formula is C17H17NO4. The second-order valence-electron chi connectivity index (χ2n) is 5.28. The molecule has 5 heteroatoms. The average Bonchev–Trinajstić information content (AvgIpc) is 2.47. The molecule has 22 heavy (non-hydrogen) atoms. The van der Waals surface area contributed by atoms with E-state index in [1.54, 1.807) is 42.5 Å². The predicted octanol–water partition coefficient (Wildman–Crippen LogP) is 2.76. The normalized spacial score (nSPS) is 13.1. The van der Waals surface area contributed by atoms with Crippen molar-refractivity contribution in [2.75, 3.05) is 5.32 Å². The van der Waals surface area contributed by atoms with Crippen molar-refractivity contribution < 1.29 is 19.8 Å². The molecule has 0 fully saturated rings. The molecule has 1 amide bonds. The van der Waals surface area contributed by atoms with Crippen LogP contribution in [-0.2, 0) is 15.0 Å². The highest BCUT2D eigenvalue weighted by Crippen LogP contribution is 2.28. The molecule has 0 aliphatic rings. The van der Waals surface area contributed by atoms with Gasteiger partial charge in [0.1, 0.15) is 5.75 Å². The summed E-state index contributed by atoms with van der Waals surface area (Å²) in [7, 11) is 0. The number of nitrogens with one attached hydrogen (secondary N) is 1. The minimum atomic E-state index is -1.32. The topological polar surface area (TPSA) is 86.6 Å². The van der Waals surface area contributed by atoms with Crippen LogP contribution in [-0.4, -0.2) is 22.1 Å². The van der Waals surface area contributed by atoms with Gasteiger partial charge >= 0.3 is 5.97 Å². The molecule has 2 aromatic carbocycles. The molecule has 1 atom stereocenters. The van der Waals surface area contributed by atoms with Crippen LogP contribution < -0.4 is 5.32 Å². The van der Waals surface area contributed by atoms with Gasteiger partial charge in [0.25, 0.3) is 0 Å². The number of phenols is 1. The van der Waals surface area contributed by atoms with Crippen LogP contribution >= 0.6 is 0 Å². The highest BCUT2D eigenvalue weighted by molar-refractivity contribution is 5.96. The highest BCUT2D eigenvalue weighted by Gasteiger charge is 2.37. The van der Waals surface area contributed by atoms with Gasteiger partial charge in [0, 0.05) is 18.2 Å². The fourth-order valence-electron chi connectivity index (χ4n) is 2.22. The van der Waals surface area contributed by atoms with Gasteiger partial charge in [-0.2, -0.15) is 0 Å². The number of carboxylic acid groups (broad SMARTS) is 1. The Kier molecular flexibility index (Phi) is 4.46. The number of aromatic hydroxyl groups is 1. The van der Waals surface area contributed by atoms with Crippen molar-refractivity contribution in [3.05, 3.63) is 60.2 Å². The number of rotatable bonds is 5. The monoisotopic (exact) mass is 299 g/mol. The maximum Gasteiger partial charge on any atom is 0.314 e. The molecule has 2 rings (SSSR count). The number of aliphatic carboxylic acids is 1. The first-order valence-corrected chi connectivity index (χ1v) is 6.79. The Labute approximate surface area is 128 Å². The highest BCUT2D eigenvalue weighted by atomic mass is 16.4. The fraction of sp³-hybridized carbons (Fsp3) is 0.176. The van der Waals surface area contributed by atoms with E-state index in [0.29, 0.717) is 11.3 Å². The van der Waals surface area contributed by atoms with Crippen LogP contribution in [0.2, 0.25) is 0 Å². The van der Waals surface area contributed by atoms with Gasteiger partial charge in [0.15, 0.2) is 0 Å². The van der Waals surface area contributed by atoms with Gasteiger partial charge in [-0.05, 0) is 24.6 Å². The summed E-state index contributed by atoms with van der Waals surface area (Å²) in [6.45, 7) is 1.52. The summed E-state index contributed by atoms with van der Waals surface area (Å²) >= 11 is 0. The van der Waals surface area contributed by atoms with Crippen LogP contribution in [0, 0.1) is 0 Å². The maximum atomic E-state index is 12.2. The van der Waals surface area contributed by atoms with Crippen molar-refractivity contribution in [2.45, 2.75) is 18.8 Å². The van der Waals surface area contributed by atoms with E-state index in [-0.39, 0.29) is 12.2 Å². The van der Waals surface area contributed by atoms with Crippen LogP contribution in [0.4, 0.5) is 5.69 Å².